The molecule has 124 valence electrons. The number of nitrogens with two attached hydrogens (primary N) is 1. The average molecular weight is 356 g/mol. The van der Waals surface area contributed by atoms with Gasteiger partial charge in [-0.1, -0.05) is 35.5 Å². The molecule has 0 aliphatic heterocycles. The summed E-state index contributed by atoms with van der Waals surface area (Å²) in [7, 11) is 1.59. The van der Waals surface area contributed by atoms with Gasteiger partial charge < -0.3 is 15.9 Å². The summed E-state index contributed by atoms with van der Waals surface area (Å²) >= 11 is 7.18. The number of carbonyl (C=O) groups is 1. The molecule has 9 heteroatoms. The number of thioether (sulfide) groups is 1. The van der Waals surface area contributed by atoms with Gasteiger partial charge in [0.15, 0.2) is 5.82 Å². The summed E-state index contributed by atoms with van der Waals surface area (Å²) in [5.41, 5.74) is 0.762. The van der Waals surface area contributed by atoms with Crippen molar-refractivity contribution in [2.45, 2.75) is 18.1 Å². The van der Waals surface area contributed by atoms with E-state index in [0.717, 1.165) is 5.56 Å². The predicted molar refractivity (Wildman–Crippen MR) is 90.8 cm³/mol. The minimum atomic E-state index is -0.119. The number of hydrogen-bond donors (Lipinski definition) is 2. The summed E-state index contributed by atoms with van der Waals surface area (Å²) in [6, 6.07) is 7.12. The van der Waals surface area contributed by atoms with Crippen LogP contribution in [0.4, 0.5) is 0 Å². The second kappa shape index (κ2) is 8.19. The molecule has 1 aromatic heterocycles. The number of halogens is 1. The van der Waals surface area contributed by atoms with Crippen LogP contribution in [0.1, 0.15) is 6.92 Å². The maximum absolute atomic E-state index is 11.8. The maximum atomic E-state index is 11.8. The minimum absolute atomic E-state index is 0.0501. The fourth-order valence-electron chi connectivity index (χ4n) is 1.94. The molecule has 0 radical (unpaired) electrons. The summed E-state index contributed by atoms with van der Waals surface area (Å²) in [5, 5.41) is 11.9. The van der Waals surface area contributed by atoms with Crippen molar-refractivity contribution < 1.29 is 9.53 Å². The van der Waals surface area contributed by atoms with Crippen molar-refractivity contribution in [1.82, 2.24) is 20.2 Å². The number of benzene rings is 1. The molecule has 0 saturated carbocycles. The Morgan fingerprint density at radius 2 is 2.30 bits per heavy atom. The number of methoxy groups -OCH3 is 1. The number of aromatic nitrogens is 3. The number of ether oxygens (including phenoxy) is 1. The first-order chi connectivity index (χ1) is 11.0. The van der Waals surface area contributed by atoms with Gasteiger partial charge in [0, 0.05) is 23.7 Å². The number of nitrogens with zero attached hydrogens (tertiary/aromatic N) is 3. The van der Waals surface area contributed by atoms with Crippen LogP contribution in [0.2, 0.25) is 5.02 Å². The lowest BCUT2D eigenvalue weighted by Gasteiger charge is -2.12. The molecule has 1 amide bonds. The van der Waals surface area contributed by atoms with Crippen LogP contribution in [0, 0.1) is 0 Å². The van der Waals surface area contributed by atoms with Crippen LogP contribution < -0.4 is 11.2 Å². The van der Waals surface area contributed by atoms with Gasteiger partial charge in [0.25, 0.3) is 0 Å². The second-order valence-electron chi connectivity index (χ2n) is 4.90. The third-order valence-corrected chi connectivity index (χ3v) is 4.08. The SMILES string of the molecule is COC[C@H](C)NC(=O)CSc1nnc(-c2cccc(Cl)c2)n1N. The number of carbonyl (C=O) groups excluding carboxylic acids is 1. The van der Waals surface area contributed by atoms with Gasteiger partial charge >= 0.3 is 0 Å². The lowest BCUT2D eigenvalue weighted by Crippen LogP contribution is -2.36. The molecule has 0 fully saturated rings. The molecule has 23 heavy (non-hydrogen) atoms. The summed E-state index contributed by atoms with van der Waals surface area (Å²) < 4.78 is 6.32. The first-order valence-corrected chi connectivity index (χ1v) is 8.25. The summed E-state index contributed by atoms with van der Waals surface area (Å²) in [5.74, 6) is 6.56. The smallest absolute Gasteiger partial charge is 0.230 e. The predicted octanol–water partition coefficient (Wildman–Crippen LogP) is 1.56. The lowest BCUT2D eigenvalue weighted by molar-refractivity contribution is -0.119. The highest BCUT2D eigenvalue weighted by Crippen LogP contribution is 2.23. The Bertz CT molecular complexity index is 679. The summed E-state index contributed by atoms with van der Waals surface area (Å²) in [6.07, 6.45) is 0. The van der Waals surface area contributed by atoms with Crippen LogP contribution in [-0.2, 0) is 9.53 Å². The molecule has 7 nitrogen and oxygen atoms in total. The van der Waals surface area contributed by atoms with E-state index < -0.39 is 0 Å². The first-order valence-electron chi connectivity index (χ1n) is 6.88. The van der Waals surface area contributed by atoms with Crippen molar-refractivity contribution in [2.75, 3.05) is 25.3 Å². The third-order valence-electron chi connectivity index (χ3n) is 2.90. The van der Waals surface area contributed by atoms with Crippen molar-refractivity contribution in [1.29, 1.82) is 0 Å². The summed E-state index contributed by atoms with van der Waals surface area (Å²) in [4.78, 5) is 11.8. The lowest BCUT2D eigenvalue weighted by atomic mass is 10.2. The Hall–Kier alpha value is -1.77. The van der Waals surface area contributed by atoms with Crippen LogP contribution in [0.15, 0.2) is 29.4 Å². The molecule has 1 aromatic carbocycles. The molecule has 1 atom stereocenters. The van der Waals surface area contributed by atoms with Gasteiger partial charge in [0.05, 0.1) is 12.4 Å². The molecule has 0 bridgehead atoms. The Morgan fingerprint density at radius 3 is 3.00 bits per heavy atom. The van der Waals surface area contributed by atoms with Crippen molar-refractivity contribution in [3.05, 3.63) is 29.3 Å². The van der Waals surface area contributed by atoms with Crippen molar-refractivity contribution in [3.63, 3.8) is 0 Å². The molecule has 1 heterocycles. The van der Waals surface area contributed by atoms with Crippen molar-refractivity contribution in [2.24, 2.45) is 0 Å². The molecule has 2 rings (SSSR count). The molecule has 3 N–H and O–H groups in total. The molecular weight excluding hydrogens is 338 g/mol. The van der Waals surface area contributed by atoms with Crippen LogP contribution >= 0.6 is 23.4 Å². The van der Waals surface area contributed by atoms with Crippen LogP contribution in [0.5, 0.6) is 0 Å². The number of hydrogen-bond acceptors (Lipinski definition) is 6. The van der Waals surface area contributed by atoms with E-state index >= 15 is 0 Å². The van der Waals surface area contributed by atoms with E-state index in [-0.39, 0.29) is 17.7 Å². The zero-order chi connectivity index (χ0) is 16.8. The fourth-order valence-corrected chi connectivity index (χ4v) is 2.80. The van der Waals surface area contributed by atoms with E-state index in [1.807, 2.05) is 19.1 Å². The minimum Gasteiger partial charge on any atom is -0.383 e. The van der Waals surface area contributed by atoms with E-state index in [9.17, 15) is 4.79 Å². The molecule has 0 unspecified atom stereocenters. The van der Waals surface area contributed by atoms with Crippen LogP contribution in [-0.4, -0.2) is 46.3 Å². The number of amides is 1. The van der Waals surface area contributed by atoms with Crippen molar-refractivity contribution in [3.8, 4) is 11.4 Å². The van der Waals surface area contributed by atoms with E-state index in [2.05, 4.69) is 15.5 Å². The van der Waals surface area contributed by atoms with Gasteiger partial charge in [-0.15, -0.1) is 10.2 Å². The number of nitrogen functional groups attached to an aromatic ring is 1. The second-order valence-corrected chi connectivity index (χ2v) is 6.28. The van der Waals surface area contributed by atoms with Gasteiger partial charge in [-0.05, 0) is 19.1 Å². The average Bonchev–Trinajstić information content (AvgIpc) is 2.86. The van der Waals surface area contributed by atoms with E-state index in [1.165, 1.54) is 16.4 Å². The zero-order valence-corrected chi connectivity index (χ0v) is 14.4. The van der Waals surface area contributed by atoms with Crippen LogP contribution in [0.3, 0.4) is 0 Å². The Balaban J connectivity index is 1.99. The van der Waals surface area contributed by atoms with Crippen LogP contribution in [0.25, 0.3) is 11.4 Å². The first kappa shape index (κ1) is 17.6. The highest BCUT2D eigenvalue weighted by atomic mass is 35.5. The van der Waals surface area contributed by atoms with Gasteiger partial charge in [0.2, 0.25) is 11.1 Å². The van der Waals surface area contributed by atoms with E-state index in [4.69, 9.17) is 22.2 Å². The van der Waals surface area contributed by atoms with Gasteiger partial charge in [0.1, 0.15) is 0 Å². The Morgan fingerprint density at radius 1 is 1.52 bits per heavy atom. The van der Waals surface area contributed by atoms with E-state index in [0.29, 0.717) is 22.6 Å². The normalized spacial score (nSPS) is 12.1. The maximum Gasteiger partial charge on any atom is 0.230 e. The fraction of sp³-hybridized carbons (Fsp3) is 0.357. The Kier molecular flexibility index (Phi) is 6.26. The van der Waals surface area contributed by atoms with Crippen molar-refractivity contribution >= 4 is 29.3 Å². The Labute approximate surface area is 143 Å². The van der Waals surface area contributed by atoms with E-state index in [1.54, 1.807) is 19.2 Å². The molecule has 0 aliphatic rings. The zero-order valence-electron chi connectivity index (χ0n) is 12.8. The quantitative estimate of drug-likeness (QED) is 0.578. The molecular formula is C14H18ClN5O2S. The largest absolute Gasteiger partial charge is 0.383 e. The highest BCUT2D eigenvalue weighted by molar-refractivity contribution is 7.99. The molecule has 2 aromatic rings. The van der Waals surface area contributed by atoms with Gasteiger partial charge in [-0.25, -0.2) is 4.68 Å². The topological polar surface area (TPSA) is 95.1 Å². The third kappa shape index (κ3) is 4.85. The number of nitrogens with one attached hydrogen (secondary N) is 1. The molecule has 0 saturated heterocycles. The standard InChI is InChI=1S/C14H18ClN5O2S/c1-9(7-22-2)17-12(21)8-23-14-19-18-13(20(14)16)10-4-3-5-11(15)6-10/h3-6,9H,7-8,16H2,1-2H3,(H,17,21)/t9-/m0/s1. The monoisotopic (exact) mass is 355 g/mol. The van der Waals surface area contributed by atoms with Gasteiger partial charge in [-0.3, -0.25) is 4.79 Å². The number of rotatable bonds is 7. The summed E-state index contributed by atoms with van der Waals surface area (Å²) in [6.45, 7) is 2.33. The highest BCUT2D eigenvalue weighted by Gasteiger charge is 2.14. The molecule has 0 spiro atoms. The van der Waals surface area contributed by atoms with Gasteiger partial charge in [-0.2, -0.15) is 0 Å². The molecule has 0 aliphatic carbocycles.